The molecule has 0 spiro atoms. The Hall–Kier alpha value is -2.88. The van der Waals surface area contributed by atoms with Crippen LogP contribution >= 0.6 is 0 Å². The molecule has 21 heavy (non-hydrogen) atoms. The first-order chi connectivity index (χ1) is 10.2. The Kier molecular flexibility index (Phi) is 3.51. The van der Waals surface area contributed by atoms with Crippen molar-refractivity contribution in [3.8, 4) is 11.3 Å². The van der Waals surface area contributed by atoms with Gasteiger partial charge in [-0.1, -0.05) is 60.7 Å². The van der Waals surface area contributed by atoms with E-state index < -0.39 is 5.91 Å². The topological polar surface area (TPSA) is 60.9 Å². The quantitative estimate of drug-likeness (QED) is 0.797. The maximum Gasteiger partial charge on any atom is 0.252 e. The molecular weight excluding hydrogens is 262 g/mol. The fourth-order valence-corrected chi connectivity index (χ4v) is 2.26. The van der Waals surface area contributed by atoms with E-state index in [1.165, 1.54) is 0 Å². The van der Waals surface area contributed by atoms with E-state index >= 15 is 0 Å². The zero-order chi connectivity index (χ0) is 14.7. The first-order valence-corrected chi connectivity index (χ1v) is 6.70. The van der Waals surface area contributed by atoms with Gasteiger partial charge in [-0.2, -0.15) is 5.10 Å². The lowest BCUT2D eigenvalue weighted by Crippen LogP contribution is -2.11. The first kappa shape index (κ1) is 13.1. The summed E-state index contributed by atoms with van der Waals surface area (Å²) in [6.45, 7) is 0.605. The predicted octanol–water partition coefficient (Wildman–Crippen LogP) is 2.70. The van der Waals surface area contributed by atoms with E-state index in [0.717, 1.165) is 11.1 Å². The molecule has 0 radical (unpaired) electrons. The van der Waals surface area contributed by atoms with Crippen molar-refractivity contribution in [2.75, 3.05) is 0 Å². The molecule has 0 bridgehead atoms. The summed E-state index contributed by atoms with van der Waals surface area (Å²) >= 11 is 0. The Labute approximate surface area is 122 Å². The minimum atomic E-state index is -0.465. The summed E-state index contributed by atoms with van der Waals surface area (Å²) in [5.74, 6) is -0.465. The van der Waals surface area contributed by atoms with Crippen molar-refractivity contribution in [1.29, 1.82) is 0 Å². The first-order valence-electron chi connectivity index (χ1n) is 6.70. The molecule has 0 atom stereocenters. The number of carbonyl (C=O) groups is 1. The number of hydrogen-bond acceptors (Lipinski definition) is 2. The van der Waals surface area contributed by atoms with Crippen LogP contribution in [0.1, 0.15) is 15.9 Å². The van der Waals surface area contributed by atoms with Crippen LogP contribution in [0.15, 0.2) is 66.9 Å². The van der Waals surface area contributed by atoms with Crippen molar-refractivity contribution >= 4 is 5.91 Å². The van der Waals surface area contributed by atoms with E-state index in [1.54, 1.807) is 10.9 Å². The molecule has 4 nitrogen and oxygen atoms in total. The summed E-state index contributed by atoms with van der Waals surface area (Å²) in [6.07, 6.45) is 1.71. The summed E-state index contributed by atoms with van der Waals surface area (Å²) in [4.78, 5) is 11.6. The molecule has 2 aromatic carbocycles. The van der Waals surface area contributed by atoms with Gasteiger partial charge in [-0.15, -0.1) is 0 Å². The molecule has 0 saturated heterocycles. The van der Waals surface area contributed by atoms with Crippen LogP contribution < -0.4 is 5.73 Å². The minimum absolute atomic E-state index is 0.442. The lowest BCUT2D eigenvalue weighted by molar-refractivity contribution is 0.100. The van der Waals surface area contributed by atoms with Crippen LogP contribution in [0.3, 0.4) is 0 Å². The third-order valence-electron chi connectivity index (χ3n) is 3.26. The average molecular weight is 277 g/mol. The van der Waals surface area contributed by atoms with Crippen LogP contribution in [-0.4, -0.2) is 15.7 Å². The van der Waals surface area contributed by atoms with Gasteiger partial charge in [0.15, 0.2) is 0 Å². The summed E-state index contributed by atoms with van der Waals surface area (Å²) in [6, 6.07) is 19.6. The van der Waals surface area contributed by atoms with Crippen molar-refractivity contribution in [1.82, 2.24) is 9.78 Å². The Morgan fingerprint density at radius 1 is 1.00 bits per heavy atom. The molecule has 0 unspecified atom stereocenters. The number of nitrogens with zero attached hydrogens (tertiary/aromatic N) is 2. The maximum absolute atomic E-state index is 11.6. The van der Waals surface area contributed by atoms with Crippen LogP contribution in [0.5, 0.6) is 0 Å². The van der Waals surface area contributed by atoms with Gasteiger partial charge in [-0.3, -0.25) is 9.48 Å². The minimum Gasteiger partial charge on any atom is -0.365 e. The summed E-state index contributed by atoms with van der Waals surface area (Å²) in [5, 5.41) is 4.51. The van der Waals surface area contributed by atoms with Gasteiger partial charge in [-0.05, 0) is 5.56 Å². The largest absolute Gasteiger partial charge is 0.365 e. The zero-order valence-corrected chi connectivity index (χ0v) is 11.4. The van der Waals surface area contributed by atoms with Gasteiger partial charge in [0.2, 0.25) is 0 Å². The fraction of sp³-hybridized carbons (Fsp3) is 0.0588. The Bertz CT molecular complexity index is 748. The highest BCUT2D eigenvalue weighted by Gasteiger charge is 2.15. The monoisotopic (exact) mass is 277 g/mol. The van der Waals surface area contributed by atoms with Crippen molar-refractivity contribution in [2.45, 2.75) is 6.54 Å². The van der Waals surface area contributed by atoms with Gasteiger partial charge in [0.1, 0.15) is 5.69 Å². The fourth-order valence-electron chi connectivity index (χ4n) is 2.26. The van der Waals surface area contributed by atoms with E-state index in [1.807, 2.05) is 60.7 Å². The average Bonchev–Trinajstić information content (AvgIpc) is 2.93. The lowest BCUT2D eigenvalue weighted by Gasteiger charge is -2.01. The van der Waals surface area contributed by atoms with Crippen molar-refractivity contribution in [2.24, 2.45) is 5.73 Å². The van der Waals surface area contributed by atoms with Crippen LogP contribution in [-0.2, 0) is 6.54 Å². The molecule has 0 aliphatic rings. The normalized spacial score (nSPS) is 10.5. The number of hydrogen-bond donors (Lipinski definition) is 1. The number of nitrogens with two attached hydrogens (primary N) is 1. The Balaban J connectivity index is 1.99. The van der Waals surface area contributed by atoms with Crippen LogP contribution in [0, 0.1) is 0 Å². The molecule has 3 rings (SSSR count). The number of amides is 1. The molecule has 1 aromatic heterocycles. The molecule has 0 aliphatic heterocycles. The zero-order valence-electron chi connectivity index (χ0n) is 11.4. The number of benzene rings is 2. The van der Waals surface area contributed by atoms with E-state index in [-0.39, 0.29) is 0 Å². The smallest absolute Gasteiger partial charge is 0.252 e. The molecule has 1 amide bonds. The van der Waals surface area contributed by atoms with E-state index in [0.29, 0.717) is 17.8 Å². The van der Waals surface area contributed by atoms with E-state index in [2.05, 4.69) is 5.10 Å². The third-order valence-corrected chi connectivity index (χ3v) is 3.26. The van der Waals surface area contributed by atoms with E-state index in [9.17, 15) is 4.79 Å². The van der Waals surface area contributed by atoms with E-state index in [4.69, 9.17) is 5.73 Å². The van der Waals surface area contributed by atoms with Crippen molar-refractivity contribution < 1.29 is 4.79 Å². The summed E-state index contributed by atoms with van der Waals surface area (Å²) in [7, 11) is 0. The molecule has 0 saturated carbocycles. The maximum atomic E-state index is 11.6. The number of aromatic nitrogens is 2. The lowest BCUT2D eigenvalue weighted by atomic mass is 10.1. The molecule has 3 aromatic rings. The Morgan fingerprint density at radius 2 is 1.62 bits per heavy atom. The number of primary amides is 1. The highest BCUT2D eigenvalue weighted by Crippen LogP contribution is 2.21. The summed E-state index contributed by atoms with van der Waals surface area (Å²) in [5.41, 5.74) is 8.54. The SMILES string of the molecule is NC(=O)c1cn(Cc2ccccc2)nc1-c1ccccc1. The number of rotatable bonds is 4. The van der Waals surface area contributed by atoms with Crippen molar-refractivity contribution in [3.05, 3.63) is 78.0 Å². The molecule has 0 aliphatic carbocycles. The molecule has 104 valence electrons. The Morgan fingerprint density at radius 3 is 2.24 bits per heavy atom. The van der Waals surface area contributed by atoms with Gasteiger partial charge < -0.3 is 5.73 Å². The van der Waals surface area contributed by atoms with Gasteiger partial charge in [0, 0.05) is 11.8 Å². The van der Waals surface area contributed by atoms with Crippen molar-refractivity contribution in [3.63, 3.8) is 0 Å². The van der Waals surface area contributed by atoms with Crippen LogP contribution in [0.25, 0.3) is 11.3 Å². The second-order valence-corrected chi connectivity index (χ2v) is 4.80. The second-order valence-electron chi connectivity index (χ2n) is 4.80. The third kappa shape index (κ3) is 2.84. The molecular formula is C17H15N3O. The van der Waals surface area contributed by atoms with Gasteiger partial charge in [-0.25, -0.2) is 0 Å². The predicted molar refractivity (Wildman–Crippen MR) is 81.7 cm³/mol. The van der Waals surface area contributed by atoms with Gasteiger partial charge in [0.25, 0.3) is 5.91 Å². The second kappa shape index (κ2) is 5.63. The molecule has 1 heterocycles. The van der Waals surface area contributed by atoms with Crippen LogP contribution in [0.2, 0.25) is 0 Å². The molecule has 4 heteroatoms. The molecule has 0 fully saturated rings. The molecule has 2 N–H and O–H groups in total. The standard InChI is InChI=1S/C17H15N3O/c18-17(21)15-12-20(11-13-7-3-1-4-8-13)19-16(15)14-9-5-2-6-10-14/h1-10,12H,11H2,(H2,18,21). The van der Waals surface area contributed by atoms with Gasteiger partial charge in [0.05, 0.1) is 12.1 Å². The van der Waals surface area contributed by atoms with Crippen LogP contribution in [0.4, 0.5) is 0 Å². The highest BCUT2D eigenvalue weighted by atomic mass is 16.1. The summed E-state index contributed by atoms with van der Waals surface area (Å²) < 4.78 is 1.75. The highest BCUT2D eigenvalue weighted by molar-refractivity contribution is 5.98. The number of carbonyl (C=O) groups excluding carboxylic acids is 1. The van der Waals surface area contributed by atoms with Gasteiger partial charge >= 0.3 is 0 Å².